The first-order valence-corrected chi connectivity index (χ1v) is 10.0. The molecule has 28 heavy (non-hydrogen) atoms. The molecule has 1 fully saturated rings. The summed E-state index contributed by atoms with van der Waals surface area (Å²) < 4.78 is 0. The van der Waals surface area contributed by atoms with E-state index in [0.717, 1.165) is 53.9 Å². The van der Waals surface area contributed by atoms with Crippen LogP contribution >= 0.6 is 0 Å². The van der Waals surface area contributed by atoms with Crippen LogP contribution in [0.5, 0.6) is 0 Å². The number of hydrogen-bond donors (Lipinski definition) is 1. The molecule has 0 saturated carbocycles. The van der Waals surface area contributed by atoms with Crippen molar-refractivity contribution in [3.63, 3.8) is 0 Å². The molecule has 0 atom stereocenters. The smallest absolute Gasteiger partial charge is 0.257 e. The molecule has 144 valence electrons. The topological polar surface area (TPSA) is 58.1 Å². The van der Waals surface area contributed by atoms with Crippen molar-refractivity contribution < 1.29 is 4.79 Å². The summed E-state index contributed by atoms with van der Waals surface area (Å²) in [6.45, 7) is 5.63. The van der Waals surface area contributed by atoms with Crippen LogP contribution in [0.2, 0.25) is 0 Å². The SMILES string of the molecule is Cc1cccc(Nc2c(C(=O)N3CCCCCC3)cnc3nc(C)ccc23)c1. The van der Waals surface area contributed by atoms with Gasteiger partial charge < -0.3 is 10.2 Å². The summed E-state index contributed by atoms with van der Waals surface area (Å²) in [7, 11) is 0. The van der Waals surface area contributed by atoms with E-state index in [9.17, 15) is 4.79 Å². The number of nitrogens with one attached hydrogen (secondary N) is 1. The first-order valence-electron chi connectivity index (χ1n) is 10.0. The molecule has 5 heteroatoms. The molecule has 4 rings (SSSR count). The Morgan fingerprint density at radius 1 is 1.04 bits per heavy atom. The number of anilines is 2. The highest BCUT2D eigenvalue weighted by molar-refractivity contribution is 6.07. The van der Waals surface area contributed by atoms with E-state index in [4.69, 9.17) is 0 Å². The van der Waals surface area contributed by atoms with Gasteiger partial charge in [0.15, 0.2) is 5.65 Å². The van der Waals surface area contributed by atoms with Gasteiger partial charge in [0.05, 0.1) is 11.3 Å². The van der Waals surface area contributed by atoms with E-state index in [2.05, 4.69) is 34.3 Å². The minimum atomic E-state index is 0.0482. The maximum absolute atomic E-state index is 13.4. The van der Waals surface area contributed by atoms with Crippen LogP contribution in [0.15, 0.2) is 42.6 Å². The van der Waals surface area contributed by atoms with Crippen molar-refractivity contribution in [2.24, 2.45) is 0 Å². The van der Waals surface area contributed by atoms with Crippen molar-refractivity contribution in [1.29, 1.82) is 0 Å². The van der Waals surface area contributed by atoms with E-state index in [1.54, 1.807) is 6.20 Å². The number of likely N-dealkylation sites (tertiary alicyclic amines) is 1. The highest BCUT2D eigenvalue weighted by Gasteiger charge is 2.22. The maximum atomic E-state index is 13.4. The van der Waals surface area contributed by atoms with E-state index < -0.39 is 0 Å². The van der Waals surface area contributed by atoms with Crippen LogP contribution in [0.25, 0.3) is 11.0 Å². The lowest BCUT2D eigenvalue weighted by atomic mass is 10.1. The Balaban J connectivity index is 1.80. The molecule has 3 aromatic rings. The first kappa shape index (κ1) is 18.4. The predicted molar refractivity (Wildman–Crippen MR) is 113 cm³/mol. The number of amides is 1. The molecule has 5 nitrogen and oxygen atoms in total. The standard InChI is InChI=1S/C23H26N4O/c1-16-8-7-9-18(14-16)26-21-19-11-10-17(2)25-22(19)24-15-20(21)23(28)27-12-5-3-4-6-13-27/h7-11,14-15H,3-6,12-13H2,1-2H3,(H,24,25,26). The Labute approximate surface area is 165 Å². The zero-order valence-corrected chi connectivity index (χ0v) is 16.5. The third kappa shape index (κ3) is 3.84. The van der Waals surface area contributed by atoms with Gasteiger partial charge in [0.1, 0.15) is 0 Å². The number of carbonyl (C=O) groups excluding carboxylic acids is 1. The minimum absolute atomic E-state index is 0.0482. The molecule has 0 spiro atoms. The third-order valence-corrected chi connectivity index (χ3v) is 5.28. The van der Waals surface area contributed by atoms with Gasteiger partial charge in [0.2, 0.25) is 0 Å². The minimum Gasteiger partial charge on any atom is -0.354 e. The molecular weight excluding hydrogens is 348 g/mol. The van der Waals surface area contributed by atoms with Crippen molar-refractivity contribution in [3.05, 3.63) is 59.4 Å². The largest absolute Gasteiger partial charge is 0.354 e. The summed E-state index contributed by atoms with van der Waals surface area (Å²) in [5.74, 6) is 0.0482. The number of carbonyl (C=O) groups is 1. The molecule has 0 unspecified atom stereocenters. The lowest BCUT2D eigenvalue weighted by Crippen LogP contribution is -2.32. The Morgan fingerprint density at radius 3 is 2.57 bits per heavy atom. The second-order valence-corrected chi connectivity index (χ2v) is 7.57. The summed E-state index contributed by atoms with van der Waals surface area (Å²) >= 11 is 0. The van der Waals surface area contributed by atoms with Crippen molar-refractivity contribution in [2.45, 2.75) is 39.5 Å². The van der Waals surface area contributed by atoms with Crippen LogP contribution in [-0.2, 0) is 0 Å². The van der Waals surface area contributed by atoms with E-state index in [-0.39, 0.29) is 5.91 Å². The fourth-order valence-corrected chi connectivity index (χ4v) is 3.78. The van der Waals surface area contributed by atoms with Gasteiger partial charge in [-0.2, -0.15) is 0 Å². The highest BCUT2D eigenvalue weighted by Crippen LogP contribution is 2.30. The molecule has 1 N–H and O–H groups in total. The Bertz CT molecular complexity index is 1010. The summed E-state index contributed by atoms with van der Waals surface area (Å²) in [5, 5.41) is 4.35. The van der Waals surface area contributed by atoms with Gasteiger partial charge in [-0.15, -0.1) is 0 Å². The number of aromatic nitrogens is 2. The van der Waals surface area contributed by atoms with Crippen molar-refractivity contribution >= 4 is 28.3 Å². The van der Waals surface area contributed by atoms with E-state index >= 15 is 0 Å². The number of hydrogen-bond acceptors (Lipinski definition) is 4. The van der Waals surface area contributed by atoms with Gasteiger partial charge in [-0.05, 0) is 56.5 Å². The molecule has 2 aromatic heterocycles. The average Bonchev–Trinajstić information content (AvgIpc) is 2.97. The Hall–Kier alpha value is -2.95. The quantitative estimate of drug-likeness (QED) is 0.700. The second-order valence-electron chi connectivity index (χ2n) is 7.57. The van der Waals surface area contributed by atoms with Crippen molar-refractivity contribution in [3.8, 4) is 0 Å². The fourth-order valence-electron chi connectivity index (χ4n) is 3.78. The first-order chi connectivity index (χ1) is 13.6. The number of fused-ring (bicyclic) bond motifs is 1. The number of benzene rings is 1. The Morgan fingerprint density at radius 2 is 1.82 bits per heavy atom. The van der Waals surface area contributed by atoms with E-state index in [1.807, 2.05) is 36.1 Å². The van der Waals surface area contributed by atoms with Gasteiger partial charge in [0, 0.05) is 36.1 Å². The molecule has 0 radical (unpaired) electrons. The van der Waals surface area contributed by atoms with Crippen LogP contribution < -0.4 is 5.32 Å². The highest BCUT2D eigenvalue weighted by atomic mass is 16.2. The zero-order chi connectivity index (χ0) is 19.5. The van der Waals surface area contributed by atoms with E-state index in [1.165, 1.54) is 12.8 Å². The number of rotatable bonds is 3. The summed E-state index contributed by atoms with van der Waals surface area (Å²) in [4.78, 5) is 24.4. The van der Waals surface area contributed by atoms with Gasteiger partial charge in [-0.25, -0.2) is 9.97 Å². The van der Waals surface area contributed by atoms with Gasteiger partial charge >= 0.3 is 0 Å². The zero-order valence-electron chi connectivity index (χ0n) is 16.5. The average molecular weight is 374 g/mol. The molecule has 1 amide bonds. The van der Waals surface area contributed by atoms with Crippen molar-refractivity contribution in [2.75, 3.05) is 18.4 Å². The van der Waals surface area contributed by atoms with Crippen LogP contribution in [0.4, 0.5) is 11.4 Å². The number of aryl methyl sites for hydroxylation is 2. The molecule has 1 aromatic carbocycles. The maximum Gasteiger partial charge on any atom is 0.257 e. The van der Waals surface area contributed by atoms with Gasteiger partial charge in [-0.1, -0.05) is 25.0 Å². The normalized spacial score (nSPS) is 14.7. The molecule has 1 aliphatic rings. The third-order valence-electron chi connectivity index (χ3n) is 5.28. The molecule has 0 bridgehead atoms. The van der Waals surface area contributed by atoms with Crippen LogP contribution in [0.3, 0.4) is 0 Å². The molecule has 0 aliphatic carbocycles. The lowest BCUT2D eigenvalue weighted by molar-refractivity contribution is 0.0762. The summed E-state index contributed by atoms with van der Waals surface area (Å²) in [6, 6.07) is 12.1. The lowest BCUT2D eigenvalue weighted by Gasteiger charge is -2.22. The number of pyridine rings is 2. The Kier molecular flexibility index (Phi) is 5.24. The van der Waals surface area contributed by atoms with Crippen molar-refractivity contribution in [1.82, 2.24) is 14.9 Å². The predicted octanol–water partition coefficient (Wildman–Crippen LogP) is 5.01. The fraction of sp³-hybridized carbons (Fsp3) is 0.348. The number of nitrogens with zero attached hydrogens (tertiary/aromatic N) is 3. The molecule has 1 saturated heterocycles. The van der Waals surface area contributed by atoms with Gasteiger partial charge in [0.25, 0.3) is 5.91 Å². The summed E-state index contributed by atoms with van der Waals surface area (Å²) in [6.07, 6.45) is 6.19. The molecule has 1 aliphatic heterocycles. The van der Waals surface area contributed by atoms with Crippen LogP contribution in [0.1, 0.15) is 47.3 Å². The monoisotopic (exact) mass is 374 g/mol. The van der Waals surface area contributed by atoms with Gasteiger partial charge in [-0.3, -0.25) is 4.79 Å². The van der Waals surface area contributed by atoms with E-state index in [0.29, 0.717) is 11.2 Å². The molecular formula is C23H26N4O. The second kappa shape index (κ2) is 7.97. The van der Waals surface area contributed by atoms with Crippen LogP contribution in [-0.4, -0.2) is 33.9 Å². The van der Waals surface area contributed by atoms with Crippen LogP contribution in [0, 0.1) is 13.8 Å². The molecule has 3 heterocycles. The summed E-state index contributed by atoms with van der Waals surface area (Å²) in [5.41, 5.74) is 5.09.